The van der Waals surface area contributed by atoms with Crippen molar-refractivity contribution in [3.05, 3.63) is 28.2 Å². The zero-order valence-corrected chi connectivity index (χ0v) is 16.2. The molecular weight excluding hydrogens is 384 g/mol. The molecule has 0 unspecified atom stereocenters. The molecular formula is C18H25BrN4O2. The number of rotatable bonds is 8. The topological polar surface area (TPSA) is 68.6 Å². The molecule has 1 fully saturated rings. The highest BCUT2D eigenvalue weighted by Crippen LogP contribution is 2.23. The highest BCUT2D eigenvalue weighted by Gasteiger charge is 2.15. The minimum absolute atomic E-state index is 0.0653. The summed E-state index contributed by atoms with van der Waals surface area (Å²) in [5.74, 6) is -0.0653. The van der Waals surface area contributed by atoms with E-state index >= 15 is 0 Å². The molecule has 7 heteroatoms. The smallest absolute Gasteiger partial charge is 0.238 e. The molecule has 0 aromatic heterocycles. The number of halogens is 1. The van der Waals surface area contributed by atoms with E-state index in [1.54, 1.807) is 0 Å². The van der Waals surface area contributed by atoms with Crippen molar-refractivity contribution in [2.75, 3.05) is 57.8 Å². The summed E-state index contributed by atoms with van der Waals surface area (Å²) >= 11 is 3.48. The van der Waals surface area contributed by atoms with E-state index in [9.17, 15) is 4.79 Å². The average molecular weight is 409 g/mol. The second-order valence-electron chi connectivity index (χ2n) is 6.17. The summed E-state index contributed by atoms with van der Waals surface area (Å²) in [7, 11) is 0. The number of carbonyl (C=O) groups excluding carboxylic acids is 1. The van der Waals surface area contributed by atoms with Gasteiger partial charge in [0.25, 0.3) is 0 Å². The molecule has 1 amide bonds. The largest absolute Gasteiger partial charge is 0.379 e. The van der Waals surface area contributed by atoms with E-state index in [1.165, 1.54) is 0 Å². The van der Waals surface area contributed by atoms with E-state index in [2.05, 4.69) is 32.2 Å². The van der Waals surface area contributed by atoms with Gasteiger partial charge in [-0.1, -0.05) is 6.07 Å². The molecule has 0 saturated carbocycles. The molecule has 25 heavy (non-hydrogen) atoms. The number of carbonyl (C=O) groups is 1. The van der Waals surface area contributed by atoms with Gasteiger partial charge in [0.2, 0.25) is 5.91 Å². The van der Waals surface area contributed by atoms with Gasteiger partial charge in [0.05, 0.1) is 31.5 Å². The molecule has 0 atom stereocenters. The molecule has 1 aliphatic rings. The van der Waals surface area contributed by atoms with Crippen molar-refractivity contribution in [3.8, 4) is 6.07 Å². The first-order chi connectivity index (χ1) is 12.1. The average Bonchev–Trinajstić information content (AvgIpc) is 2.60. The lowest BCUT2D eigenvalue weighted by molar-refractivity contribution is -0.117. The minimum atomic E-state index is -0.0653. The van der Waals surface area contributed by atoms with Crippen LogP contribution in [0.5, 0.6) is 0 Å². The van der Waals surface area contributed by atoms with Gasteiger partial charge in [-0.15, -0.1) is 0 Å². The van der Waals surface area contributed by atoms with Crippen molar-refractivity contribution in [2.24, 2.45) is 0 Å². The molecule has 6 nitrogen and oxygen atoms in total. The maximum absolute atomic E-state index is 12.4. The van der Waals surface area contributed by atoms with Crippen LogP contribution in [-0.4, -0.2) is 68.2 Å². The number of nitrogens with zero attached hydrogens (tertiary/aromatic N) is 3. The van der Waals surface area contributed by atoms with Gasteiger partial charge in [0.1, 0.15) is 0 Å². The number of hydrogen-bond donors (Lipinski definition) is 1. The van der Waals surface area contributed by atoms with Crippen molar-refractivity contribution in [3.63, 3.8) is 0 Å². The van der Waals surface area contributed by atoms with Crippen LogP contribution in [0.1, 0.15) is 12.0 Å². The summed E-state index contributed by atoms with van der Waals surface area (Å²) in [5, 5.41) is 11.8. The van der Waals surface area contributed by atoms with Crippen LogP contribution >= 0.6 is 15.9 Å². The fourth-order valence-corrected chi connectivity index (χ4v) is 3.29. The lowest BCUT2D eigenvalue weighted by atomic mass is 10.2. The Morgan fingerprint density at radius 2 is 2.16 bits per heavy atom. The van der Waals surface area contributed by atoms with Gasteiger partial charge >= 0.3 is 0 Å². The Morgan fingerprint density at radius 1 is 1.40 bits per heavy atom. The Labute approximate surface area is 157 Å². The van der Waals surface area contributed by atoms with E-state index in [1.807, 2.05) is 30.0 Å². The summed E-state index contributed by atoms with van der Waals surface area (Å²) in [6.45, 7) is 7.92. The molecule has 0 spiro atoms. The maximum Gasteiger partial charge on any atom is 0.238 e. The first kappa shape index (κ1) is 19.9. The van der Waals surface area contributed by atoms with Crippen LogP contribution in [0.25, 0.3) is 0 Å². The number of aryl methyl sites for hydroxylation is 1. The number of ether oxygens (including phenoxy) is 1. The van der Waals surface area contributed by atoms with Gasteiger partial charge in [-0.3, -0.25) is 14.6 Å². The summed E-state index contributed by atoms with van der Waals surface area (Å²) in [6, 6.07) is 7.99. The van der Waals surface area contributed by atoms with Crippen LogP contribution in [0.15, 0.2) is 22.7 Å². The first-order valence-corrected chi connectivity index (χ1v) is 9.33. The van der Waals surface area contributed by atoms with Crippen LogP contribution in [0.2, 0.25) is 0 Å². The highest BCUT2D eigenvalue weighted by atomic mass is 79.9. The van der Waals surface area contributed by atoms with Crippen molar-refractivity contribution in [1.29, 1.82) is 5.26 Å². The summed E-state index contributed by atoms with van der Waals surface area (Å²) in [5.41, 5.74) is 1.90. The number of morpholine rings is 1. The molecule has 1 N–H and O–H groups in total. The zero-order valence-electron chi connectivity index (χ0n) is 14.6. The summed E-state index contributed by atoms with van der Waals surface area (Å²) in [4.78, 5) is 16.8. The Hall–Kier alpha value is -1.46. The molecule has 0 radical (unpaired) electrons. The summed E-state index contributed by atoms with van der Waals surface area (Å²) < 4.78 is 6.23. The number of benzene rings is 1. The lowest BCUT2D eigenvalue weighted by Crippen LogP contribution is -2.43. The van der Waals surface area contributed by atoms with E-state index in [-0.39, 0.29) is 12.5 Å². The second-order valence-corrected chi connectivity index (χ2v) is 7.02. The Morgan fingerprint density at radius 3 is 2.84 bits per heavy atom. The third kappa shape index (κ3) is 7.12. The van der Waals surface area contributed by atoms with Gasteiger partial charge in [0.15, 0.2) is 0 Å². The minimum Gasteiger partial charge on any atom is -0.379 e. The zero-order chi connectivity index (χ0) is 18.1. The Balaban J connectivity index is 1.86. The second kappa shape index (κ2) is 10.5. The molecule has 1 saturated heterocycles. The van der Waals surface area contributed by atoms with Crippen molar-refractivity contribution < 1.29 is 9.53 Å². The number of hydrogen-bond acceptors (Lipinski definition) is 5. The lowest BCUT2D eigenvalue weighted by Gasteiger charge is -2.29. The number of anilines is 1. The number of nitrogens with one attached hydrogen (secondary N) is 1. The molecule has 1 aromatic carbocycles. The van der Waals surface area contributed by atoms with Crippen LogP contribution in [0.4, 0.5) is 5.69 Å². The molecule has 0 aliphatic carbocycles. The summed E-state index contributed by atoms with van der Waals surface area (Å²) in [6.07, 6.45) is 0.421. The Kier molecular flexibility index (Phi) is 8.35. The SMILES string of the molecule is Cc1ccc(NC(=O)CN(CCC#N)CCN2CCOCC2)c(Br)c1. The molecule has 0 bridgehead atoms. The third-order valence-corrected chi connectivity index (χ3v) is 4.80. The van der Waals surface area contributed by atoms with E-state index in [0.29, 0.717) is 13.0 Å². The quantitative estimate of drug-likeness (QED) is 0.714. The molecule has 1 heterocycles. The van der Waals surface area contributed by atoms with Gasteiger partial charge in [-0.2, -0.15) is 5.26 Å². The maximum atomic E-state index is 12.4. The number of nitriles is 1. The molecule has 136 valence electrons. The molecule has 2 rings (SSSR count). The standard InChI is InChI=1S/C18H25BrN4O2/c1-15-3-4-17(16(19)13-15)21-18(24)14-23(6-2-5-20)8-7-22-9-11-25-12-10-22/h3-4,13H,2,6-12,14H2,1H3,(H,21,24). The van der Waals surface area contributed by atoms with Gasteiger partial charge < -0.3 is 10.1 Å². The van der Waals surface area contributed by atoms with Crippen molar-refractivity contribution in [1.82, 2.24) is 9.80 Å². The van der Waals surface area contributed by atoms with Crippen LogP contribution in [-0.2, 0) is 9.53 Å². The molecule has 1 aliphatic heterocycles. The van der Waals surface area contributed by atoms with Gasteiger partial charge in [-0.25, -0.2) is 0 Å². The van der Waals surface area contributed by atoms with Crippen LogP contribution in [0, 0.1) is 18.3 Å². The van der Waals surface area contributed by atoms with Crippen molar-refractivity contribution in [2.45, 2.75) is 13.3 Å². The Bertz CT molecular complexity index is 612. The van der Waals surface area contributed by atoms with E-state index in [0.717, 1.165) is 55.1 Å². The van der Waals surface area contributed by atoms with E-state index in [4.69, 9.17) is 10.00 Å². The van der Waals surface area contributed by atoms with Gasteiger partial charge in [-0.05, 0) is 40.5 Å². The van der Waals surface area contributed by atoms with Gasteiger partial charge in [0, 0.05) is 43.6 Å². The van der Waals surface area contributed by atoms with Crippen LogP contribution < -0.4 is 5.32 Å². The first-order valence-electron chi connectivity index (χ1n) is 8.54. The highest BCUT2D eigenvalue weighted by molar-refractivity contribution is 9.10. The van der Waals surface area contributed by atoms with Crippen molar-refractivity contribution >= 4 is 27.5 Å². The normalized spacial score (nSPS) is 15.1. The number of amides is 1. The third-order valence-electron chi connectivity index (χ3n) is 4.14. The molecule has 1 aromatic rings. The predicted octanol–water partition coefficient (Wildman–Crippen LogP) is 2.24. The fourth-order valence-electron chi connectivity index (χ4n) is 2.70. The fraction of sp³-hybridized carbons (Fsp3) is 0.556. The monoisotopic (exact) mass is 408 g/mol. The predicted molar refractivity (Wildman–Crippen MR) is 101 cm³/mol. The van der Waals surface area contributed by atoms with E-state index < -0.39 is 0 Å². The van der Waals surface area contributed by atoms with Crippen LogP contribution in [0.3, 0.4) is 0 Å².